The first kappa shape index (κ1) is 16.2. The Morgan fingerprint density at radius 3 is 1.79 bits per heavy atom. The summed E-state index contributed by atoms with van der Waals surface area (Å²) < 4.78 is 11.3. The van der Waals surface area contributed by atoms with E-state index in [2.05, 4.69) is 58.9 Å². The average Bonchev–Trinajstić information content (AvgIpc) is 2.29. The second kappa shape index (κ2) is 7.66. The van der Waals surface area contributed by atoms with Crippen LogP contribution >= 0.6 is 0 Å². The van der Waals surface area contributed by atoms with Crippen molar-refractivity contribution in [1.29, 1.82) is 0 Å². The molecule has 0 spiro atoms. The molecule has 0 saturated heterocycles. The van der Waals surface area contributed by atoms with Crippen LogP contribution in [0.25, 0.3) is 0 Å². The van der Waals surface area contributed by atoms with Gasteiger partial charge in [0.25, 0.3) is 0 Å². The van der Waals surface area contributed by atoms with E-state index in [0.29, 0.717) is 19.1 Å². The zero-order chi connectivity index (χ0) is 14.3. The first-order valence-electron chi connectivity index (χ1n) is 7.10. The molecular weight excluding hydrogens is 236 g/mol. The van der Waals surface area contributed by atoms with Crippen molar-refractivity contribution in [3.63, 3.8) is 0 Å². The summed E-state index contributed by atoms with van der Waals surface area (Å²) in [5, 5.41) is 0. The van der Waals surface area contributed by atoms with E-state index in [9.17, 15) is 0 Å². The normalized spacial score (nSPS) is 12.1. The Bertz CT molecular complexity index is 347. The van der Waals surface area contributed by atoms with Crippen molar-refractivity contribution in [3.8, 4) is 0 Å². The molecule has 0 radical (unpaired) electrons. The van der Waals surface area contributed by atoms with Gasteiger partial charge in [0.05, 0.1) is 19.8 Å². The minimum absolute atomic E-state index is 0.227. The van der Waals surface area contributed by atoms with Crippen molar-refractivity contribution in [2.24, 2.45) is 11.3 Å². The Kier molecular flexibility index (Phi) is 6.53. The fraction of sp³-hybridized carbons (Fsp3) is 0.647. The van der Waals surface area contributed by atoms with Gasteiger partial charge in [-0.3, -0.25) is 0 Å². The largest absolute Gasteiger partial charge is 0.377 e. The van der Waals surface area contributed by atoms with Crippen LogP contribution in [0.1, 0.15) is 45.7 Å². The third-order valence-corrected chi connectivity index (χ3v) is 2.55. The monoisotopic (exact) mass is 264 g/mol. The highest BCUT2D eigenvalue weighted by molar-refractivity contribution is 5.21. The Morgan fingerprint density at radius 2 is 1.37 bits per heavy atom. The van der Waals surface area contributed by atoms with E-state index >= 15 is 0 Å². The van der Waals surface area contributed by atoms with E-state index in [-0.39, 0.29) is 5.41 Å². The van der Waals surface area contributed by atoms with Crippen molar-refractivity contribution >= 4 is 0 Å². The molecule has 0 aliphatic carbocycles. The highest BCUT2D eigenvalue weighted by Crippen LogP contribution is 2.14. The molecule has 19 heavy (non-hydrogen) atoms. The molecule has 0 bridgehead atoms. The summed E-state index contributed by atoms with van der Waals surface area (Å²) in [6, 6.07) is 8.49. The maximum absolute atomic E-state index is 5.71. The fourth-order valence-corrected chi connectivity index (χ4v) is 1.62. The Morgan fingerprint density at radius 1 is 0.895 bits per heavy atom. The topological polar surface area (TPSA) is 18.5 Å². The van der Waals surface area contributed by atoms with E-state index in [1.165, 1.54) is 11.1 Å². The number of hydrogen-bond donors (Lipinski definition) is 0. The molecule has 0 amide bonds. The smallest absolute Gasteiger partial charge is 0.0717 e. The Balaban J connectivity index is 2.31. The van der Waals surface area contributed by atoms with E-state index in [1.807, 2.05) is 0 Å². The average molecular weight is 264 g/mol. The van der Waals surface area contributed by atoms with Gasteiger partial charge >= 0.3 is 0 Å². The second-order valence-corrected chi connectivity index (χ2v) is 6.78. The minimum atomic E-state index is 0.227. The molecule has 0 N–H and O–H groups in total. The Labute approximate surface area is 118 Å². The number of hydrogen-bond acceptors (Lipinski definition) is 2. The molecule has 1 rings (SSSR count). The third-order valence-electron chi connectivity index (χ3n) is 2.55. The molecule has 0 atom stereocenters. The molecule has 2 heteroatoms. The first-order valence-corrected chi connectivity index (χ1v) is 7.10. The quantitative estimate of drug-likeness (QED) is 0.725. The molecular formula is C17H28O2. The summed E-state index contributed by atoms with van der Waals surface area (Å²) in [7, 11) is 0. The van der Waals surface area contributed by atoms with Crippen LogP contribution < -0.4 is 0 Å². The summed E-state index contributed by atoms with van der Waals surface area (Å²) in [4.78, 5) is 0. The molecule has 0 fully saturated rings. The van der Waals surface area contributed by atoms with Crippen molar-refractivity contribution in [3.05, 3.63) is 35.4 Å². The van der Waals surface area contributed by atoms with Gasteiger partial charge in [-0.05, 0) is 22.5 Å². The maximum atomic E-state index is 5.71. The zero-order valence-corrected chi connectivity index (χ0v) is 13.0. The summed E-state index contributed by atoms with van der Waals surface area (Å²) >= 11 is 0. The molecule has 1 aromatic carbocycles. The van der Waals surface area contributed by atoms with Gasteiger partial charge in [-0.1, -0.05) is 58.9 Å². The Hall–Kier alpha value is -0.860. The lowest BCUT2D eigenvalue weighted by atomic mass is 9.99. The van der Waals surface area contributed by atoms with Crippen molar-refractivity contribution < 1.29 is 9.47 Å². The van der Waals surface area contributed by atoms with E-state index in [0.717, 1.165) is 13.2 Å². The van der Waals surface area contributed by atoms with Crippen LogP contribution in [0.2, 0.25) is 0 Å². The van der Waals surface area contributed by atoms with Crippen molar-refractivity contribution in [2.75, 3.05) is 13.2 Å². The predicted molar refractivity (Wildman–Crippen MR) is 80.0 cm³/mol. The lowest BCUT2D eigenvalue weighted by Gasteiger charge is -2.18. The van der Waals surface area contributed by atoms with Crippen LogP contribution in [0.15, 0.2) is 24.3 Å². The van der Waals surface area contributed by atoms with Gasteiger partial charge in [0.15, 0.2) is 0 Å². The third kappa shape index (κ3) is 8.02. The zero-order valence-electron chi connectivity index (χ0n) is 13.0. The lowest BCUT2D eigenvalue weighted by molar-refractivity contribution is 0.0598. The van der Waals surface area contributed by atoms with Gasteiger partial charge < -0.3 is 9.47 Å². The summed E-state index contributed by atoms with van der Waals surface area (Å²) in [5.74, 6) is 0.588. The fourth-order valence-electron chi connectivity index (χ4n) is 1.62. The van der Waals surface area contributed by atoms with Crippen LogP contribution in [0.4, 0.5) is 0 Å². The molecule has 0 unspecified atom stereocenters. The van der Waals surface area contributed by atoms with Gasteiger partial charge in [0.1, 0.15) is 0 Å². The minimum Gasteiger partial charge on any atom is -0.377 e. The molecule has 2 nitrogen and oxygen atoms in total. The van der Waals surface area contributed by atoms with E-state index < -0.39 is 0 Å². The number of ether oxygens (including phenoxy) is 2. The molecule has 0 aliphatic rings. The lowest BCUT2D eigenvalue weighted by Crippen LogP contribution is -2.14. The van der Waals surface area contributed by atoms with E-state index in [1.54, 1.807) is 0 Å². The van der Waals surface area contributed by atoms with Crippen LogP contribution in [-0.4, -0.2) is 13.2 Å². The first-order chi connectivity index (χ1) is 8.87. The molecule has 0 saturated carbocycles. The van der Waals surface area contributed by atoms with Gasteiger partial charge in [-0.15, -0.1) is 0 Å². The molecule has 1 aromatic rings. The standard InChI is InChI=1S/C17H28O2/c1-14(2)10-18-11-15-6-8-16(9-7-15)12-19-13-17(3,4)5/h6-9,14H,10-13H2,1-5H3. The highest BCUT2D eigenvalue weighted by Gasteiger charge is 2.09. The molecule has 0 aliphatic heterocycles. The van der Waals surface area contributed by atoms with Gasteiger partial charge in [-0.2, -0.15) is 0 Å². The molecule has 108 valence electrons. The van der Waals surface area contributed by atoms with Crippen molar-refractivity contribution in [1.82, 2.24) is 0 Å². The van der Waals surface area contributed by atoms with Gasteiger partial charge in [0.2, 0.25) is 0 Å². The highest BCUT2D eigenvalue weighted by atomic mass is 16.5. The summed E-state index contributed by atoms with van der Waals surface area (Å²) in [5.41, 5.74) is 2.67. The SMILES string of the molecule is CC(C)COCc1ccc(COCC(C)(C)C)cc1. The van der Waals surface area contributed by atoms with Crippen molar-refractivity contribution in [2.45, 2.75) is 47.8 Å². The second-order valence-electron chi connectivity index (χ2n) is 6.78. The van der Waals surface area contributed by atoms with Crippen LogP contribution in [0, 0.1) is 11.3 Å². The molecule has 0 aromatic heterocycles. The maximum Gasteiger partial charge on any atom is 0.0717 e. The number of rotatable bonds is 7. The summed E-state index contributed by atoms with van der Waals surface area (Å²) in [6.07, 6.45) is 0. The van der Waals surface area contributed by atoms with Crippen LogP contribution in [0.5, 0.6) is 0 Å². The predicted octanol–water partition coefficient (Wildman–Crippen LogP) is 4.42. The van der Waals surface area contributed by atoms with Crippen LogP contribution in [0.3, 0.4) is 0 Å². The number of benzene rings is 1. The van der Waals surface area contributed by atoms with Crippen LogP contribution in [-0.2, 0) is 22.7 Å². The van der Waals surface area contributed by atoms with Gasteiger partial charge in [0, 0.05) is 6.61 Å². The summed E-state index contributed by atoms with van der Waals surface area (Å²) in [6.45, 7) is 13.9. The van der Waals surface area contributed by atoms with E-state index in [4.69, 9.17) is 9.47 Å². The van der Waals surface area contributed by atoms with Gasteiger partial charge in [-0.25, -0.2) is 0 Å². The molecule has 0 heterocycles.